The van der Waals surface area contributed by atoms with E-state index in [4.69, 9.17) is 4.99 Å². The van der Waals surface area contributed by atoms with Crippen molar-refractivity contribution in [3.05, 3.63) is 120 Å². The molecule has 0 aliphatic heterocycles. The second kappa shape index (κ2) is 10.6. The fourth-order valence-electron chi connectivity index (χ4n) is 3.91. The fraction of sp³-hybridized carbons (Fsp3) is 0.167. The summed E-state index contributed by atoms with van der Waals surface area (Å²) < 4.78 is 27.5. The molecule has 182 valence electrons. The molecule has 6 heteroatoms. The Hall–Kier alpha value is -4.19. The van der Waals surface area contributed by atoms with Gasteiger partial charge in [-0.25, -0.2) is 4.98 Å². The van der Waals surface area contributed by atoms with Crippen molar-refractivity contribution in [1.29, 1.82) is 0 Å². The van der Waals surface area contributed by atoms with Crippen LogP contribution in [0.15, 0.2) is 96.8 Å². The van der Waals surface area contributed by atoms with Crippen molar-refractivity contribution in [2.24, 2.45) is 4.99 Å². The number of pyridine rings is 2. The molecule has 4 nitrogen and oxygen atoms in total. The van der Waals surface area contributed by atoms with Crippen molar-refractivity contribution in [2.75, 3.05) is 0 Å². The molecule has 1 N–H and O–H groups in total. The third-order valence-electron chi connectivity index (χ3n) is 5.75. The normalized spacial score (nSPS) is 11.9. The minimum absolute atomic E-state index is 0.246. The van der Waals surface area contributed by atoms with Gasteiger partial charge in [0.1, 0.15) is 5.69 Å². The molecule has 0 saturated carbocycles. The van der Waals surface area contributed by atoms with Crippen LogP contribution < -0.4 is 5.32 Å². The van der Waals surface area contributed by atoms with Crippen LogP contribution in [0.3, 0.4) is 0 Å². The van der Waals surface area contributed by atoms with Gasteiger partial charge in [-0.15, -0.1) is 0 Å². The summed E-state index contributed by atoms with van der Waals surface area (Å²) in [7, 11) is 0. The zero-order chi connectivity index (χ0) is 25.7. The van der Waals surface area contributed by atoms with E-state index in [0.717, 1.165) is 46.1 Å². The van der Waals surface area contributed by atoms with Gasteiger partial charge < -0.3 is 5.32 Å². The first-order valence-corrected chi connectivity index (χ1v) is 11.7. The van der Waals surface area contributed by atoms with Crippen LogP contribution in [0.4, 0.5) is 14.5 Å². The quantitative estimate of drug-likeness (QED) is 0.265. The van der Waals surface area contributed by atoms with E-state index in [2.05, 4.69) is 21.9 Å². The van der Waals surface area contributed by atoms with Crippen LogP contribution in [0.5, 0.6) is 0 Å². The van der Waals surface area contributed by atoms with Crippen LogP contribution in [-0.2, 0) is 12.5 Å². The number of nitrogens with one attached hydrogen (secondary N) is 1. The average Bonchev–Trinajstić information content (AvgIpc) is 2.87. The Morgan fingerprint density at radius 3 is 2.47 bits per heavy atom. The third-order valence-corrected chi connectivity index (χ3v) is 5.75. The maximum atomic E-state index is 13.8. The number of hydrogen-bond acceptors (Lipinski definition) is 4. The van der Waals surface area contributed by atoms with Gasteiger partial charge >= 0.3 is 0 Å². The summed E-state index contributed by atoms with van der Waals surface area (Å²) in [6, 6.07) is 22.6. The standard InChI is InChI=1S/C30H28F2N4/c1-20-16-24(18-33-17-20)21(2)35-27-14-9-13-26(23-10-6-5-7-11-23)29(27)22(3)34-19-25-12-8-15-28(36-25)30(4,31)32/h5-18,34H,3,19H2,1-2,4H3. The second-order valence-corrected chi connectivity index (χ2v) is 8.75. The molecular weight excluding hydrogens is 454 g/mol. The maximum absolute atomic E-state index is 13.8. The first kappa shape index (κ1) is 24.9. The van der Waals surface area contributed by atoms with Crippen molar-refractivity contribution in [3.8, 4) is 11.1 Å². The van der Waals surface area contributed by atoms with Gasteiger partial charge in [-0.1, -0.05) is 55.1 Å². The van der Waals surface area contributed by atoms with Crippen molar-refractivity contribution >= 4 is 17.1 Å². The van der Waals surface area contributed by atoms with Gasteiger partial charge in [-0.05, 0) is 54.8 Å². The highest BCUT2D eigenvalue weighted by Crippen LogP contribution is 2.35. The fourth-order valence-corrected chi connectivity index (χ4v) is 3.91. The smallest absolute Gasteiger partial charge is 0.286 e. The highest BCUT2D eigenvalue weighted by molar-refractivity contribution is 6.01. The number of nitrogens with zero attached hydrogens (tertiary/aromatic N) is 3. The Bertz CT molecular complexity index is 1410. The Labute approximate surface area is 210 Å². The topological polar surface area (TPSA) is 50.2 Å². The minimum Gasteiger partial charge on any atom is -0.379 e. The van der Waals surface area contributed by atoms with Gasteiger partial charge in [0.15, 0.2) is 0 Å². The largest absolute Gasteiger partial charge is 0.379 e. The lowest BCUT2D eigenvalue weighted by Crippen LogP contribution is -2.16. The van der Waals surface area contributed by atoms with Gasteiger partial charge in [0.05, 0.1) is 17.9 Å². The Kier molecular flexibility index (Phi) is 7.34. The van der Waals surface area contributed by atoms with Crippen LogP contribution in [0.2, 0.25) is 0 Å². The first-order valence-electron chi connectivity index (χ1n) is 11.7. The number of aryl methyl sites for hydroxylation is 1. The van der Waals surface area contributed by atoms with Gasteiger partial charge in [0, 0.05) is 41.9 Å². The molecule has 4 rings (SSSR count). The van der Waals surface area contributed by atoms with E-state index in [1.807, 2.05) is 68.4 Å². The molecule has 2 heterocycles. The monoisotopic (exact) mass is 482 g/mol. The van der Waals surface area contributed by atoms with Crippen LogP contribution >= 0.6 is 0 Å². The highest BCUT2D eigenvalue weighted by Gasteiger charge is 2.26. The van der Waals surface area contributed by atoms with E-state index < -0.39 is 5.92 Å². The van der Waals surface area contributed by atoms with Crippen LogP contribution in [-0.4, -0.2) is 15.7 Å². The number of aromatic nitrogens is 2. The van der Waals surface area contributed by atoms with E-state index >= 15 is 0 Å². The third kappa shape index (κ3) is 5.89. The summed E-state index contributed by atoms with van der Waals surface area (Å²) in [6.07, 6.45) is 3.60. The van der Waals surface area contributed by atoms with Crippen LogP contribution in [0.25, 0.3) is 16.8 Å². The molecule has 2 aromatic carbocycles. The summed E-state index contributed by atoms with van der Waals surface area (Å²) in [5, 5.41) is 3.28. The molecule has 0 saturated heterocycles. The Balaban J connectivity index is 1.72. The molecule has 2 aromatic heterocycles. The summed E-state index contributed by atoms with van der Waals surface area (Å²) in [5.41, 5.74) is 7.24. The molecule has 0 atom stereocenters. The zero-order valence-corrected chi connectivity index (χ0v) is 20.6. The van der Waals surface area contributed by atoms with E-state index in [-0.39, 0.29) is 12.2 Å². The van der Waals surface area contributed by atoms with Crippen molar-refractivity contribution in [1.82, 2.24) is 15.3 Å². The van der Waals surface area contributed by atoms with Gasteiger partial charge in [-0.2, -0.15) is 8.78 Å². The number of halogens is 2. The highest BCUT2D eigenvalue weighted by atomic mass is 19.3. The average molecular weight is 483 g/mol. The molecule has 0 aliphatic carbocycles. The predicted octanol–water partition coefficient (Wildman–Crippen LogP) is 7.46. The van der Waals surface area contributed by atoms with Crippen LogP contribution in [0, 0.1) is 6.92 Å². The molecule has 0 aliphatic rings. The van der Waals surface area contributed by atoms with Crippen molar-refractivity contribution < 1.29 is 8.78 Å². The van der Waals surface area contributed by atoms with E-state index in [9.17, 15) is 8.78 Å². The second-order valence-electron chi connectivity index (χ2n) is 8.75. The lowest BCUT2D eigenvalue weighted by atomic mass is 9.96. The molecule has 0 bridgehead atoms. The summed E-state index contributed by atoms with van der Waals surface area (Å²) in [4.78, 5) is 13.3. The number of hydrogen-bond donors (Lipinski definition) is 1. The van der Waals surface area contributed by atoms with E-state index in [0.29, 0.717) is 11.4 Å². The Morgan fingerprint density at radius 2 is 1.75 bits per heavy atom. The molecule has 36 heavy (non-hydrogen) atoms. The first-order chi connectivity index (χ1) is 17.2. The van der Waals surface area contributed by atoms with Crippen LogP contribution in [0.1, 0.15) is 41.9 Å². The van der Waals surface area contributed by atoms with Gasteiger partial charge in [0.25, 0.3) is 5.92 Å². The number of benzene rings is 2. The van der Waals surface area contributed by atoms with Gasteiger partial charge in [0.2, 0.25) is 0 Å². The predicted molar refractivity (Wildman–Crippen MR) is 142 cm³/mol. The molecule has 0 radical (unpaired) electrons. The zero-order valence-electron chi connectivity index (χ0n) is 20.6. The van der Waals surface area contributed by atoms with E-state index in [1.54, 1.807) is 24.5 Å². The van der Waals surface area contributed by atoms with Gasteiger partial charge in [-0.3, -0.25) is 9.98 Å². The lowest BCUT2D eigenvalue weighted by molar-refractivity contribution is 0.0125. The SMILES string of the molecule is C=C(NCc1cccc(C(C)(F)F)n1)c1c(N=C(C)c2cncc(C)c2)cccc1-c1ccccc1. The minimum atomic E-state index is -3.00. The van der Waals surface area contributed by atoms with Crippen molar-refractivity contribution in [2.45, 2.75) is 33.2 Å². The Morgan fingerprint density at radius 1 is 1.00 bits per heavy atom. The number of rotatable bonds is 8. The molecule has 0 fully saturated rings. The molecule has 0 amide bonds. The molecule has 0 unspecified atom stereocenters. The van der Waals surface area contributed by atoms with Crippen molar-refractivity contribution in [3.63, 3.8) is 0 Å². The molecule has 0 spiro atoms. The van der Waals surface area contributed by atoms with E-state index in [1.165, 1.54) is 6.07 Å². The molecular formula is C30H28F2N4. The summed E-state index contributed by atoms with van der Waals surface area (Å²) in [5.74, 6) is -3.00. The summed E-state index contributed by atoms with van der Waals surface area (Å²) >= 11 is 0. The number of aliphatic imine (C=N–C) groups is 1. The summed E-state index contributed by atoms with van der Waals surface area (Å²) in [6.45, 7) is 9.32. The maximum Gasteiger partial charge on any atom is 0.286 e. The number of alkyl halides is 2. The lowest BCUT2D eigenvalue weighted by Gasteiger charge is -2.18. The molecule has 4 aromatic rings.